The third kappa shape index (κ3) is 3.90. The molecule has 3 aromatic rings. The van der Waals surface area contributed by atoms with Crippen LogP contribution in [-0.4, -0.2) is 32.1 Å². The fraction of sp³-hybridized carbons (Fsp3) is 0.235. The van der Waals surface area contributed by atoms with Gasteiger partial charge in [0.25, 0.3) is 0 Å². The number of nitrogens with zero attached hydrogens (tertiary/aromatic N) is 4. The molecule has 23 heavy (non-hydrogen) atoms. The third-order valence-corrected chi connectivity index (χ3v) is 4.33. The van der Waals surface area contributed by atoms with Gasteiger partial charge in [-0.05, 0) is 36.8 Å². The predicted molar refractivity (Wildman–Crippen MR) is 91.6 cm³/mol. The smallest absolute Gasteiger partial charge is 0.191 e. The van der Waals surface area contributed by atoms with Crippen molar-refractivity contribution in [3.8, 4) is 17.1 Å². The molecule has 0 unspecified atom stereocenters. The van der Waals surface area contributed by atoms with Gasteiger partial charge < -0.3 is 9.30 Å². The second-order valence-electron chi connectivity index (χ2n) is 5.11. The quantitative estimate of drug-likeness (QED) is 0.513. The van der Waals surface area contributed by atoms with Gasteiger partial charge in [-0.25, -0.2) is 0 Å². The molecule has 118 valence electrons. The maximum atomic E-state index is 5.75. The molecule has 1 aromatic carbocycles. The van der Waals surface area contributed by atoms with Gasteiger partial charge in [0, 0.05) is 30.8 Å². The Labute approximate surface area is 139 Å². The highest BCUT2D eigenvalue weighted by molar-refractivity contribution is 7.99. The van der Waals surface area contributed by atoms with Crippen LogP contribution in [0, 0.1) is 6.92 Å². The molecule has 2 aromatic heterocycles. The summed E-state index contributed by atoms with van der Waals surface area (Å²) in [7, 11) is 1.97. The number of benzene rings is 1. The van der Waals surface area contributed by atoms with E-state index < -0.39 is 0 Å². The molecule has 0 amide bonds. The lowest BCUT2D eigenvalue weighted by Gasteiger charge is -2.07. The van der Waals surface area contributed by atoms with Gasteiger partial charge in [0.05, 0.1) is 6.61 Å². The molecule has 0 spiro atoms. The van der Waals surface area contributed by atoms with Crippen molar-refractivity contribution in [2.45, 2.75) is 12.1 Å². The van der Waals surface area contributed by atoms with Crippen molar-refractivity contribution in [1.82, 2.24) is 19.7 Å². The maximum Gasteiger partial charge on any atom is 0.191 e. The van der Waals surface area contributed by atoms with Gasteiger partial charge in [-0.3, -0.25) is 4.98 Å². The Morgan fingerprint density at radius 1 is 1.13 bits per heavy atom. The van der Waals surface area contributed by atoms with Crippen molar-refractivity contribution in [1.29, 1.82) is 0 Å². The zero-order valence-electron chi connectivity index (χ0n) is 13.1. The number of pyridine rings is 1. The Morgan fingerprint density at radius 3 is 2.74 bits per heavy atom. The average Bonchev–Trinajstić information content (AvgIpc) is 2.93. The summed E-state index contributed by atoms with van der Waals surface area (Å²) in [6.07, 6.45) is 3.51. The summed E-state index contributed by atoms with van der Waals surface area (Å²) >= 11 is 1.63. The van der Waals surface area contributed by atoms with Crippen LogP contribution in [0.2, 0.25) is 0 Å². The zero-order chi connectivity index (χ0) is 16.1. The zero-order valence-corrected chi connectivity index (χ0v) is 14.0. The Balaban J connectivity index is 1.56. The Hall–Kier alpha value is -2.34. The first-order valence-corrected chi connectivity index (χ1v) is 8.34. The molecular weight excluding hydrogens is 308 g/mol. The number of ether oxygens (including phenoxy) is 1. The number of hydrogen-bond acceptors (Lipinski definition) is 5. The number of rotatable bonds is 6. The number of thioether (sulfide) groups is 1. The summed E-state index contributed by atoms with van der Waals surface area (Å²) in [5.74, 6) is 2.56. The molecule has 0 N–H and O–H groups in total. The van der Waals surface area contributed by atoms with Crippen LogP contribution >= 0.6 is 11.8 Å². The van der Waals surface area contributed by atoms with Crippen LogP contribution in [0.3, 0.4) is 0 Å². The molecule has 0 bridgehead atoms. The molecule has 0 fully saturated rings. The average molecular weight is 326 g/mol. The summed E-state index contributed by atoms with van der Waals surface area (Å²) < 4.78 is 7.75. The SMILES string of the molecule is Cc1cccc(OCCSc2nnc(-c3ccncc3)n2C)c1. The number of aryl methyl sites for hydroxylation is 1. The predicted octanol–water partition coefficient (Wildman–Crippen LogP) is 3.36. The summed E-state index contributed by atoms with van der Waals surface area (Å²) in [6, 6.07) is 11.9. The van der Waals surface area contributed by atoms with Crippen molar-refractivity contribution in [3.05, 3.63) is 54.4 Å². The van der Waals surface area contributed by atoms with E-state index in [1.165, 1.54) is 5.56 Å². The van der Waals surface area contributed by atoms with Gasteiger partial charge in [0.2, 0.25) is 0 Å². The molecule has 2 heterocycles. The molecule has 0 aliphatic heterocycles. The highest BCUT2D eigenvalue weighted by atomic mass is 32.2. The van der Waals surface area contributed by atoms with Crippen LogP contribution in [0.25, 0.3) is 11.4 Å². The Morgan fingerprint density at radius 2 is 1.96 bits per heavy atom. The minimum atomic E-state index is 0.631. The first-order chi connectivity index (χ1) is 11.2. The molecule has 3 rings (SSSR count). The highest BCUT2D eigenvalue weighted by Crippen LogP contribution is 2.22. The van der Waals surface area contributed by atoms with Gasteiger partial charge in [-0.1, -0.05) is 23.9 Å². The van der Waals surface area contributed by atoms with E-state index in [4.69, 9.17) is 4.74 Å². The molecule has 0 atom stereocenters. The van der Waals surface area contributed by atoms with E-state index in [2.05, 4.69) is 28.2 Å². The summed E-state index contributed by atoms with van der Waals surface area (Å²) in [6.45, 7) is 2.69. The van der Waals surface area contributed by atoms with Crippen LogP contribution in [0.5, 0.6) is 5.75 Å². The van der Waals surface area contributed by atoms with Crippen LogP contribution in [0.4, 0.5) is 0 Å². The monoisotopic (exact) mass is 326 g/mol. The molecule has 0 radical (unpaired) electrons. The van der Waals surface area contributed by atoms with Crippen molar-refractivity contribution in [2.24, 2.45) is 7.05 Å². The third-order valence-electron chi connectivity index (χ3n) is 3.35. The molecule has 0 saturated heterocycles. The standard InChI is InChI=1S/C17H18N4OS/c1-13-4-3-5-15(12-13)22-10-11-23-17-20-19-16(21(17)2)14-6-8-18-9-7-14/h3-9,12H,10-11H2,1-2H3. The first-order valence-electron chi connectivity index (χ1n) is 7.36. The van der Waals surface area contributed by atoms with Crippen LogP contribution in [0.15, 0.2) is 53.9 Å². The Kier molecular flexibility index (Phi) is 4.92. The largest absolute Gasteiger partial charge is 0.493 e. The molecule has 6 heteroatoms. The van der Waals surface area contributed by atoms with Crippen molar-refractivity contribution in [2.75, 3.05) is 12.4 Å². The van der Waals surface area contributed by atoms with Crippen molar-refractivity contribution in [3.63, 3.8) is 0 Å². The van der Waals surface area contributed by atoms with Gasteiger partial charge in [0.15, 0.2) is 11.0 Å². The second-order valence-corrected chi connectivity index (χ2v) is 6.18. The van der Waals surface area contributed by atoms with Crippen molar-refractivity contribution < 1.29 is 4.74 Å². The van der Waals surface area contributed by atoms with Gasteiger partial charge in [-0.2, -0.15) is 0 Å². The van der Waals surface area contributed by atoms with Crippen molar-refractivity contribution >= 4 is 11.8 Å². The minimum absolute atomic E-state index is 0.631. The van der Waals surface area contributed by atoms with Crippen LogP contribution in [0.1, 0.15) is 5.56 Å². The summed E-state index contributed by atoms with van der Waals surface area (Å²) in [4.78, 5) is 4.02. The highest BCUT2D eigenvalue weighted by Gasteiger charge is 2.10. The van der Waals surface area contributed by atoms with E-state index in [0.29, 0.717) is 6.61 Å². The second kappa shape index (κ2) is 7.28. The number of hydrogen-bond donors (Lipinski definition) is 0. The molecule has 0 aliphatic carbocycles. The van der Waals surface area contributed by atoms with Crippen LogP contribution in [-0.2, 0) is 7.05 Å². The maximum absolute atomic E-state index is 5.75. The van der Waals surface area contributed by atoms with Crippen LogP contribution < -0.4 is 4.74 Å². The van der Waals surface area contributed by atoms with E-state index >= 15 is 0 Å². The normalized spacial score (nSPS) is 10.7. The van der Waals surface area contributed by atoms with Gasteiger partial charge in [0.1, 0.15) is 5.75 Å². The molecular formula is C17H18N4OS. The topological polar surface area (TPSA) is 52.8 Å². The lowest BCUT2D eigenvalue weighted by molar-refractivity contribution is 0.343. The number of aromatic nitrogens is 4. The molecule has 0 saturated carbocycles. The molecule has 5 nitrogen and oxygen atoms in total. The lowest BCUT2D eigenvalue weighted by atomic mass is 10.2. The fourth-order valence-corrected chi connectivity index (χ4v) is 2.92. The summed E-state index contributed by atoms with van der Waals surface area (Å²) in [5.41, 5.74) is 2.21. The van der Waals surface area contributed by atoms with Gasteiger partial charge >= 0.3 is 0 Å². The minimum Gasteiger partial charge on any atom is -0.493 e. The first kappa shape index (κ1) is 15.6. The van der Waals surface area contributed by atoms with E-state index in [0.717, 1.165) is 28.0 Å². The van der Waals surface area contributed by atoms with E-state index in [9.17, 15) is 0 Å². The lowest BCUT2D eigenvalue weighted by Crippen LogP contribution is -2.02. The fourth-order valence-electron chi connectivity index (χ4n) is 2.19. The van der Waals surface area contributed by atoms with Gasteiger partial charge in [-0.15, -0.1) is 10.2 Å². The summed E-state index contributed by atoms with van der Waals surface area (Å²) in [5, 5.41) is 9.39. The van der Waals surface area contributed by atoms with E-state index in [-0.39, 0.29) is 0 Å². The Bertz CT molecular complexity index is 773. The van der Waals surface area contributed by atoms with E-state index in [1.807, 2.05) is 41.9 Å². The van der Waals surface area contributed by atoms with E-state index in [1.54, 1.807) is 24.2 Å². The molecule has 0 aliphatic rings.